The molecule has 0 radical (unpaired) electrons. The molecular weight excluding hydrogens is 382 g/mol. The van der Waals surface area contributed by atoms with E-state index >= 15 is 0 Å². The van der Waals surface area contributed by atoms with Crippen LogP contribution in [0.5, 0.6) is 11.5 Å². The standard InChI is InChI=1S/C24H23NO3S/c1-15-5-8-17(9-6-15)28-21-10-7-16(24(2,3)27)13-19(21)20-14-25(4)23(26)22-18(20)11-12-29-22/h5-14,27H,1-4H3. The van der Waals surface area contributed by atoms with E-state index < -0.39 is 5.60 Å². The first-order valence-electron chi connectivity index (χ1n) is 9.42. The minimum Gasteiger partial charge on any atom is -0.457 e. The summed E-state index contributed by atoms with van der Waals surface area (Å²) in [6, 6.07) is 15.5. The van der Waals surface area contributed by atoms with Crippen LogP contribution >= 0.6 is 11.3 Å². The summed E-state index contributed by atoms with van der Waals surface area (Å²) < 4.78 is 8.52. The van der Waals surface area contributed by atoms with Crippen molar-refractivity contribution in [2.45, 2.75) is 26.4 Å². The van der Waals surface area contributed by atoms with E-state index in [0.717, 1.165) is 33.4 Å². The maximum atomic E-state index is 12.5. The van der Waals surface area contributed by atoms with Gasteiger partial charge in [0.2, 0.25) is 0 Å². The van der Waals surface area contributed by atoms with Gasteiger partial charge in [0, 0.05) is 29.8 Å². The molecule has 4 rings (SSSR count). The van der Waals surface area contributed by atoms with Gasteiger partial charge in [0.1, 0.15) is 16.2 Å². The zero-order valence-corrected chi connectivity index (χ0v) is 17.7. The number of aliphatic hydroxyl groups is 1. The Labute approximate surface area is 173 Å². The highest BCUT2D eigenvalue weighted by molar-refractivity contribution is 7.17. The summed E-state index contributed by atoms with van der Waals surface area (Å²) >= 11 is 1.43. The number of fused-ring (bicyclic) bond motifs is 1. The van der Waals surface area contributed by atoms with Crippen molar-refractivity contribution in [3.05, 3.63) is 81.6 Å². The Balaban J connectivity index is 1.95. The number of rotatable bonds is 4. The molecule has 4 nitrogen and oxygen atoms in total. The van der Waals surface area contributed by atoms with Gasteiger partial charge in [-0.3, -0.25) is 4.79 Å². The van der Waals surface area contributed by atoms with Crippen LogP contribution in [0.1, 0.15) is 25.0 Å². The van der Waals surface area contributed by atoms with Crippen molar-refractivity contribution >= 4 is 21.4 Å². The molecule has 148 valence electrons. The molecule has 29 heavy (non-hydrogen) atoms. The van der Waals surface area contributed by atoms with E-state index in [1.54, 1.807) is 25.5 Å². The lowest BCUT2D eigenvalue weighted by Gasteiger charge is -2.21. The molecule has 5 heteroatoms. The first-order valence-corrected chi connectivity index (χ1v) is 10.3. The van der Waals surface area contributed by atoms with Crippen LogP contribution in [0.15, 0.2) is 64.9 Å². The smallest absolute Gasteiger partial charge is 0.268 e. The van der Waals surface area contributed by atoms with Gasteiger partial charge >= 0.3 is 0 Å². The van der Waals surface area contributed by atoms with Crippen molar-refractivity contribution in [1.82, 2.24) is 4.57 Å². The predicted octanol–water partition coefficient (Wildman–Crippen LogP) is 5.60. The third-order valence-electron chi connectivity index (χ3n) is 5.02. The highest BCUT2D eigenvalue weighted by Crippen LogP contribution is 2.39. The van der Waals surface area contributed by atoms with Gasteiger partial charge in [0.15, 0.2) is 0 Å². The average molecular weight is 406 g/mol. The summed E-state index contributed by atoms with van der Waals surface area (Å²) in [6.45, 7) is 5.55. The van der Waals surface area contributed by atoms with Gasteiger partial charge in [0.25, 0.3) is 5.56 Å². The molecule has 0 fully saturated rings. The number of aryl methyl sites for hydroxylation is 2. The Morgan fingerprint density at radius 3 is 2.45 bits per heavy atom. The highest BCUT2D eigenvalue weighted by atomic mass is 32.1. The average Bonchev–Trinajstić information content (AvgIpc) is 3.16. The van der Waals surface area contributed by atoms with Crippen molar-refractivity contribution in [2.24, 2.45) is 7.05 Å². The van der Waals surface area contributed by atoms with E-state index in [-0.39, 0.29) is 5.56 Å². The first kappa shape index (κ1) is 19.4. The lowest BCUT2D eigenvalue weighted by Crippen LogP contribution is -2.16. The third-order valence-corrected chi connectivity index (χ3v) is 5.92. The molecular formula is C24H23NO3S. The molecule has 4 aromatic rings. The Bertz CT molecular complexity index is 1240. The quantitative estimate of drug-likeness (QED) is 0.481. The van der Waals surface area contributed by atoms with Crippen LogP contribution in [-0.4, -0.2) is 9.67 Å². The molecule has 0 aliphatic rings. The lowest BCUT2D eigenvalue weighted by atomic mass is 9.93. The molecule has 2 heterocycles. The molecule has 0 aliphatic carbocycles. The monoisotopic (exact) mass is 405 g/mol. The molecule has 0 aliphatic heterocycles. The third kappa shape index (κ3) is 3.71. The number of ether oxygens (including phenoxy) is 1. The SMILES string of the molecule is Cc1ccc(Oc2ccc(C(C)(C)O)cc2-c2cn(C)c(=O)c3sccc23)cc1. The fourth-order valence-electron chi connectivity index (χ4n) is 3.33. The number of benzene rings is 2. The number of thiophene rings is 1. The number of hydrogen-bond acceptors (Lipinski definition) is 4. The minimum absolute atomic E-state index is 0.0154. The summed E-state index contributed by atoms with van der Waals surface area (Å²) in [5.74, 6) is 1.41. The number of aromatic nitrogens is 1. The van der Waals surface area contributed by atoms with Gasteiger partial charge < -0.3 is 14.4 Å². The molecule has 0 unspecified atom stereocenters. The topological polar surface area (TPSA) is 51.5 Å². The summed E-state index contributed by atoms with van der Waals surface area (Å²) in [5.41, 5.74) is 2.67. The van der Waals surface area contributed by atoms with E-state index in [0.29, 0.717) is 10.4 Å². The molecule has 2 aromatic carbocycles. The normalized spacial score (nSPS) is 11.8. The molecule has 0 saturated heterocycles. The summed E-state index contributed by atoms with van der Waals surface area (Å²) in [6.07, 6.45) is 1.84. The van der Waals surface area contributed by atoms with Crippen molar-refractivity contribution in [3.63, 3.8) is 0 Å². The molecule has 0 amide bonds. The largest absolute Gasteiger partial charge is 0.457 e. The second-order valence-corrected chi connectivity index (χ2v) is 8.72. The Hall–Kier alpha value is -2.89. The molecule has 0 saturated carbocycles. The maximum absolute atomic E-state index is 12.5. The van der Waals surface area contributed by atoms with Gasteiger partial charge in [-0.05, 0) is 62.0 Å². The zero-order chi connectivity index (χ0) is 20.8. The van der Waals surface area contributed by atoms with Gasteiger partial charge in [-0.15, -0.1) is 11.3 Å². The van der Waals surface area contributed by atoms with E-state index in [2.05, 4.69) is 0 Å². The van der Waals surface area contributed by atoms with E-state index in [1.807, 2.05) is 67.0 Å². The van der Waals surface area contributed by atoms with Gasteiger partial charge in [0.05, 0.1) is 5.60 Å². The van der Waals surface area contributed by atoms with Crippen molar-refractivity contribution in [3.8, 4) is 22.6 Å². The highest BCUT2D eigenvalue weighted by Gasteiger charge is 2.21. The first-order chi connectivity index (χ1) is 13.7. The van der Waals surface area contributed by atoms with Crippen LogP contribution < -0.4 is 10.3 Å². The second-order valence-electron chi connectivity index (χ2n) is 7.81. The number of nitrogens with zero attached hydrogens (tertiary/aromatic N) is 1. The minimum atomic E-state index is -0.994. The molecule has 0 bridgehead atoms. The van der Waals surface area contributed by atoms with Gasteiger partial charge in [-0.2, -0.15) is 0 Å². The van der Waals surface area contributed by atoms with E-state index in [1.165, 1.54) is 11.3 Å². The predicted molar refractivity (Wildman–Crippen MR) is 119 cm³/mol. The lowest BCUT2D eigenvalue weighted by molar-refractivity contribution is 0.0786. The van der Waals surface area contributed by atoms with Gasteiger partial charge in [-0.1, -0.05) is 23.8 Å². The fourth-order valence-corrected chi connectivity index (χ4v) is 4.22. The summed E-state index contributed by atoms with van der Waals surface area (Å²) in [5, 5.41) is 13.4. The molecule has 0 atom stereocenters. The van der Waals surface area contributed by atoms with Crippen molar-refractivity contribution in [1.29, 1.82) is 0 Å². The van der Waals surface area contributed by atoms with Crippen molar-refractivity contribution < 1.29 is 9.84 Å². The van der Waals surface area contributed by atoms with Crippen LogP contribution in [0.25, 0.3) is 21.2 Å². The second kappa shape index (κ2) is 7.17. The summed E-state index contributed by atoms with van der Waals surface area (Å²) in [4.78, 5) is 12.5. The van der Waals surface area contributed by atoms with Crippen LogP contribution in [0.3, 0.4) is 0 Å². The Morgan fingerprint density at radius 2 is 1.76 bits per heavy atom. The fraction of sp³-hybridized carbons (Fsp3) is 0.208. The van der Waals surface area contributed by atoms with Crippen LogP contribution in [-0.2, 0) is 12.6 Å². The van der Waals surface area contributed by atoms with Crippen LogP contribution in [0.2, 0.25) is 0 Å². The maximum Gasteiger partial charge on any atom is 0.268 e. The zero-order valence-electron chi connectivity index (χ0n) is 16.9. The number of hydrogen-bond donors (Lipinski definition) is 1. The van der Waals surface area contributed by atoms with E-state index in [4.69, 9.17) is 4.74 Å². The Kier molecular flexibility index (Phi) is 4.81. The molecule has 2 aromatic heterocycles. The number of pyridine rings is 1. The molecule has 1 N–H and O–H groups in total. The summed E-state index contributed by atoms with van der Waals surface area (Å²) in [7, 11) is 1.76. The van der Waals surface area contributed by atoms with Crippen LogP contribution in [0, 0.1) is 6.92 Å². The molecule has 0 spiro atoms. The Morgan fingerprint density at radius 1 is 1.03 bits per heavy atom. The van der Waals surface area contributed by atoms with Gasteiger partial charge in [-0.25, -0.2) is 0 Å². The van der Waals surface area contributed by atoms with Crippen molar-refractivity contribution in [2.75, 3.05) is 0 Å². The van der Waals surface area contributed by atoms with Crippen LogP contribution in [0.4, 0.5) is 0 Å². The van der Waals surface area contributed by atoms with E-state index in [9.17, 15) is 9.90 Å².